The van der Waals surface area contributed by atoms with Crippen molar-refractivity contribution in [3.05, 3.63) is 69.6 Å². The number of aliphatic hydroxyl groups excluding tert-OH is 1. The fourth-order valence-corrected chi connectivity index (χ4v) is 4.25. The summed E-state index contributed by atoms with van der Waals surface area (Å²) in [6, 6.07) is 11.1. The van der Waals surface area contributed by atoms with Gasteiger partial charge in [-0.2, -0.15) is 0 Å². The monoisotopic (exact) mass is 375 g/mol. The highest BCUT2D eigenvalue weighted by atomic mass is 35.5. The highest BCUT2D eigenvalue weighted by Crippen LogP contribution is 2.33. The molecule has 1 fully saturated rings. The minimum Gasteiger partial charge on any atom is -0.387 e. The van der Waals surface area contributed by atoms with E-state index >= 15 is 0 Å². The molecule has 130 valence electrons. The second kappa shape index (κ2) is 6.80. The lowest BCUT2D eigenvalue weighted by Gasteiger charge is -2.32. The Morgan fingerprint density at radius 1 is 1.32 bits per heavy atom. The first-order chi connectivity index (χ1) is 12.1. The van der Waals surface area contributed by atoms with Gasteiger partial charge in [-0.15, -0.1) is 11.3 Å². The number of rotatable bonds is 4. The van der Waals surface area contributed by atoms with E-state index in [0.717, 1.165) is 0 Å². The number of nitrogens with one attached hydrogen (secondary N) is 1. The maximum Gasteiger partial charge on any atom is 0.251 e. The summed E-state index contributed by atoms with van der Waals surface area (Å²) in [7, 11) is 0. The van der Waals surface area contributed by atoms with E-state index in [2.05, 4.69) is 11.5 Å². The molecule has 1 amide bonds. The Balaban J connectivity index is 1.45. The average Bonchev–Trinajstić information content (AvgIpc) is 3.26. The van der Waals surface area contributed by atoms with E-state index in [4.69, 9.17) is 11.6 Å². The topological polar surface area (TPSA) is 55.8 Å². The first-order valence-corrected chi connectivity index (χ1v) is 9.38. The molecule has 7 heteroatoms. The van der Waals surface area contributed by atoms with Crippen molar-refractivity contribution in [3.8, 4) is 0 Å². The summed E-state index contributed by atoms with van der Waals surface area (Å²) in [5, 5.41) is 14.9. The van der Waals surface area contributed by atoms with E-state index in [1.54, 1.807) is 40.6 Å². The van der Waals surface area contributed by atoms with Crippen molar-refractivity contribution in [1.82, 2.24) is 15.3 Å². The number of hydrogen-bond acceptors (Lipinski definition) is 5. The third kappa shape index (κ3) is 3.30. The number of amides is 1. The molecule has 0 saturated carbocycles. The van der Waals surface area contributed by atoms with E-state index < -0.39 is 6.10 Å². The van der Waals surface area contributed by atoms with Crippen molar-refractivity contribution >= 4 is 28.8 Å². The number of β-amino-alcohol motifs (C(OH)–C–C–N with tert-alkyl or cyclic N) is 1. The van der Waals surface area contributed by atoms with Gasteiger partial charge < -0.3 is 15.0 Å². The number of carbonyl (C=O) groups excluding carboxylic acids is 1. The van der Waals surface area contributed by atoms with Crippen molar-refractivity contribution in [2.75, 3.05) is 6.54 Å². The number of halogens is 1. The standard InChI is InChI=1S/C18H18ClN3O2S/c19-13-4-1-3-12(9-13)16(23)11-21-6-7-22-15(18(21)24)10-14(20-22)17-5-2-8-25-17/h1-9,14-16,20,23H,10-11H2. The molecule has 3 unspecified atom stereocenters. The van der Waals surface area contributed by atoms with Crippen LogP contribution in [0.1, 0.15) is 29.0 Å². The molecule has 2 N–H and O–H groups in total. The lowest BCUT2D eigenvalue weighted by molar-refractivity contribution is -0.135. The van der Waals surface area contributed by atoms with Crippen molar-refractivity contribution in [1.29, 1.82) is 0 Å². The first-order valence-electron chi connectivity index (χ1n) is 8.12. The molecular formula is C18H18ClN3O2S. The molecule has 4 rings (SSSR count). The molecule has 1 aromatic heterocycles. The zero-order chi connectivity index (χ0) is 17.4. The summed E-state index contributed by atoms with van der Waals surface area (Å²) in [6.07, 6.45) is 3.52. The maximum absolute atomic E-state index is 12.8. The molecule has 0 aliphatic carbocycles. The van der Waals surface area contributed by atoms with Gasteiger partial charge in [0.2, 0.25) is 0 Å². The van der Waals surface area contributed by atoms with Crippen LogP contribution < -0.4 is 5.43 Å². The Morgan fingerprint density at radius 2 is 2.20 bits per heavy atom. The molecule has 0 bridgehead atoms. The van der Waals surface area contributed by atoms with Gasteiger partial charge >= 0.3 is 0 Å². The van der Waals surface area contributed by atoms with Crippen molar-refractivity contribution in [2.24, 2.45) is 0 Å². The van der Waals surface area contributed by atoms with Crippen LogP contribution in [0, 0.1) is 0 Å². The summed E-state index contributed by atoms with van der Waals surface area (Å²) in [6.45, 7) is 0.212. The first kappa shape index (κ1) is 16.6. The number of thiophene rings is 1. The smallest absolute Gasteiger partial charge is 0.251 e. The van der Waals surface area contributed by atoms with Gasteiger partial charge in [-0.1, -0.05) is 29.8 Å². The van der Waals surface area contributed by atoms with Gasteiger partial charge in [-0.25, -0.2) is 5.43 Å². The van der Waals surface area contributed by atoms with Crippen LogP contribution in [0.15, 0.2) is 54.2 Å². The van der Waals surface area contributed by atoms with Crippen LogP contribution in [-0.4, -0.2) is 33.5 Å². The van der Waals surface area contributed by atoms with E-state index in [9.17, 15) is 9.90 Å². The highest BCUT2D eigenvalue weighted by molar-refractivity contribution is 7.10. The van der Waals surface area contributed by atoms with Crippen LogP contribution in [0.3, 0.4) is 0 Å². The summed E-state index contributed by atoms with van der Waals surface area (Å²) in [4.78, 5) is 15.6. The normalized spacial score (nSPS) is 23.8. The molecule has 1 saturated heterocycles. The number of carbonyl (C=O) groups is 1. The molecule has 0 spiro atoms. The van der Waals surface area contributed by atoms with Crippen LogP contribution in [0.4, 0.5) is 0 Å². The van der Waals surface area contributed by atoms with Crippen LogP contribution in [0.5, 0.6) is 0 Å². The third-order valence-electron chi connectivity index (χ3n) is 4.56. The number of nitrogens with zero attached hydrogens (tertiary/aromatic N) is 2. The summed E-state index contributed by atoms with van der Waals surface area (Å²) in [5.41, 5.74) is 4.07. The molecule has 5 nitrogen and oxygen atoms in total. The van der Waals surface area contributed by atoms with Gasteiger partial charge in [0.25, 0.3) is 5.91 Å². The fourth-order valence-electron chi connectivity index (χ4n) is 3.27. The maximum atomic E-state index is 12.8. The number of aliphatic hydroxyl groups is 1. The van der Waals surface area contributed by atoms with Crippen molar-refractivity contribution in [2.45, 2.75) is 24.6 Å². The zero-order valence-corrected chi connectivity index (χ0v) is 15.0. The number of hydrazine groups is 1. The van der Waals surface area contributed by atoms with Crippen LogP contribution in [0.25, 0.3) is 0 Å². The lowest BCUT2D eigenvalue weighted by Crippen LogP contribution is -2.48. The third-order valence-corrected chi connectivity index (χ3v) is 5.79. The SMILES string of the molecule is O=C1C2CC(c3cccs3)NN2C=CN1CC(O)c1cccc(Cl)c1. The van der Waals surface area contributed by atoms with Crippen LogP contribution >= 0.6 is 22.9 Å². The van der Waals surface area contributed by atoms with Crippen molar-refractivity contribution < 1.29 is 9.90 Å². The average molecular weight is 376 g/mol. The Kier molecular flexibility index (Phi) is 4.52. The van der Waals surface area contributed by atoms with Crippen LogP contribution in [0.2, 0.25) is 5.02 Å². The van der Waals surface area contributed by atoms with Gasteiger partial charge in [0.05, 0.1) is 18.7 Å². The predicted octanol–water partition coefficient (Wildman–Crippen LogP) is 3.07. The largest absolute Gasteiger partial charge is 0.387 e. The summed E-state index contributed by atoms with van der Waals surface area (Å²) in [5.74, 6) is -0.00451. The molecule has 2 aromatic rings. The van der Waals surface area contributed by atoms with Gasteiger partial charge in [0.1, 0.15) is 6.04 Å². The van der Waals surface area contributed by atoms with Crippen molar-refractivity contribution in [3.63, 3.8) is 0 Å². The minimum absolute atomic E-state index is 0.00451. The highest BCUT2D eigenvalue weighted by Gasteiger charge is 2.40. The summed E-state index contributed by atoms with van der Waals surface area (Å²) >= 11 is 7.66. The molecule has 3 atom stereocenters. The van der Waals surface area contributed by atoms with E-state index in [-0.39, 0.29) is 24.5 Å². The number of fused-ring (bicyclic) bond motifs is 1. The van der Waals surface area contributed by atoms with Gasteiger partial charge in [-0.05, 0) is 29.1 Å². The zero-order valence-electron chi connectivity index (χ0n) is 13.4. The van der Waals surface area contributed by atoms with Crippen LogP contribution in [-0.2, 0) is 4.79 Å². The Morgan fingerprint density at radius 3 is 2.96 bits per heavy atom. The molecule has 2 aliphatic heterocycles. The van der Waals surface area contributed by atoms with E-state index in [1.165, 1.54) is 4.88 Å². The van der Waals surface area contributed by atoms with Gasteiger partial charge in [0, 0.05) is 28.7 Å². The Bertz CT molecular complexity index is 795. The predicted molar refractivity (Wildman–Crippen MR) is 97.7 cm³/mol. The lowest BCUT2D eigenvalue weighted by atomic mass is 10.1. The molecule has 1 aromatic carbocycles. The number of hydrogen-bond donors (Lipinski definition) is 2. The van der Waals surface area contributed by atoms with Gasteiger partial charge in [0.15, 0.2) is 0 Å². The van der Waals surface area contributed by atoms with E-state index in [1.807, 2.05) is 28.7 Å². The quantitative estimate of drug-likeness (QED) is 0.862. The molecule has 2 aliphatic rings. The molecule has 0 radical (unpaired) electrons. The molecular weight excluding hydrogens is 358 g/mol. The minimum atomic E-state index is -0.777. The van der Waals surface area contributed by atoms with E-state index in [0.29, 0.717) is 17.0 Å². The second-order valence-corrected chi connectivity index (χ2v) is 7.63. The Hall–Kier alpha value is -1.86. The molecule has 3 heterocycles. The van der Waals surface area contributed by atoms with Gasteiger partial charge in [-0.3, -0.25) is 4.79 Å². The molecule has 25 heavy (non-hydrogen) atoms. The second-order valence-electron chi connectivity index (χ2n) is 6.22. The number of benzene rings is 1. The Labute approximate surface area is 155 Å². The fraction of sp³-hybridized carbons (Fsp3) is 0.278. The summed E-state index contributed by atoms with van der Waals surface area (Å²) < 4.78 is 0.